The minimum atomic E-state index is 0.584. The fraction of sp³-hybridized carbons (Fsp3) is 0.500. The Morgan fingerprint density at radius 2 is 2.18 bits per heavy atom. The summed E-state index contributed by atoms with van der Waals surface area (Å²) in [4.78, 5) is 4.79. The predicted molar refractivity (Wildman–Crippen MR) is 69.0 cm³/mol. The number of nitrogens with zero attached hydrogens (tertiary/aromatic N) is 2. The predicted octanol–water partition coefficient (Wildman–Crippen LogP) is 2.76. The smallest absolute Gasteiger partial charge is 0.116 e. The van der Waals surface area contributed by atoms with Gasteiger partial charge in [-0.05, 0) is 31.4 Å². The van der Waals surface area contributed by atoms with Crippen molar-refractivity contribution in [1.29, 1.82) is 0 Å². The van der Waals surface area contributed by atoms with E-state index in [-0.39, 0.29) is 0 Å². The average molecular weight is 229 g/mol. The molecule has 3 nitrogen and oxygen atoms in total. The fourth-order valence-corrected chi connectivity index (χ4v) is 3.07. The molecule has 1 aliphatic rings. The first-order valence-corrected chi connectivity index (χ1v) is 6.47. The molecule has 17 heavy (non-hydrogen) atoms. The second kappa shape index (κ2) is 4.15. The van der Waals surface area contributed by atoms with E-state index in [1.54, 1.807) is 0 Å². The number of hydrogen-bond acceptors (Lipinski definition) is 2. The van der Waals surface area contributed by atoms with Gasteiger partial charge in [-0.15, -0.1) is 0 Å². The van der Waals surface area contributed by atoms with Crippen molar-refractivity contribution in [2.24, 2.45) is 5.73 Å². The maximum Gasteiger partial charge on any atom is 0.116 e. The van der Waals surface area contributed by atoms with Crippen LogP contribution in [0.25, 0.3) is 5.52 Å². The number of imidazole rings is 1. The topological polar surface area (TPSA) is 43.3 Å². The van der Waals surface area contributed by atoms with Crippen LogP contribution in [-0.4, -0.2) is 9.38 Å². The molecule has 0 unspecified atom stereocenters. The summed E-state index contributed by atoms with van der Waals surface area (Å²) in [6, 6.07) is 4.18. The van der Waals surface area contributed by atoms with E-state index in [4.69, 9.17) is 10.7 Å². The standard InChI is InChI=1S/C14H19N3/c1-10-13-12(9-15)7-4-8-17(13)14(16-10)11-5-2-3-6-11/h4,7-8,11H,2-3,5-6,9,15H2,1H3. The Morgan fingerprint density at radius 3 is 2.88 bits per heavy atom. The number of aryl methyl sites for hydroxylation is 1. The van der Waals surface area contributed by atoms with Crippen LogP contribution in [0.1, 0.15) is 48.7 Å². The van der Waals surface area contributed by atoms with Crippen molar-refractivity contribution < 1.29 is 0 Å². The molecule has 0 spiro atoms. The molecule has 3 rings (SSSR count). The molecule has 0 radical (unpaired) electrons. The highest BCUT2D eigenvalue weighted by Gasteiger charge is 2.22. The van der Waals surface area contributed by atoms with Gasteiger partial charge in [-0.25, -0.2) is 4.98 Å². The second-order valence-electron chi connectivity index (χ2n) is 4.99. The first-order chi connectivity index (χ1) is 8.31. The molecule has 0 aromatic carbocycles. The van der Waals surface area contributed by atoms with Crippen LogP contribution in [0.15, 0.2) is 18.3 Å². The van der Waals surface area contributed by atoms with Gasteiger partial charge in [-0.1, -0.05) is 18.9 Å². The number of fused-ring (bicyclic) bond motifs is 1. The van der Waals surface area contributed by atoms with E-state index in [1.165, 1.54) is 42.6 Å². The third-order valence-electron chi connectivity index (χ3n) is 3.89. The highest BCUT2D eigenvalue weighted by atomic mass is 15.0. The zero-order chi connectivity index (χ0) is 11.8. The van der Waals surface area contributed by atoms with E-state index in [1.807, 2.05) is 0 Å². The Morgan fingerprint density at radius 1 is 1.41 bits per heavy atom. The minimum Gasteiger partial charge on any atom is -0.326 e. The first-order valence-electron chi connectivity index (χ1n) is 6.47. The summed E-state index contributed by atoms with van der Waals surface area (Å²) in [5.41, 5.74) is 9.34. The largest absolute Gasteiger partial charge is 0.326 e. The van der Waals surface area contributed by atoms with E-state index in [0.717, 1.165) is 5.69 Å². The van der Waals surface area contributed by atoms with E-state index >= 15 is 0 Å². The number of aromatic nitrogens is 2. The fourth-order valence-electron chi connectivity index (χ4n) is 3.07. The lowest BCUT2D eigenvalue weighted by atomic mass is 10.1. The van der Waals surface area contributed by atoms with Gasteiger partial charge in [0.25, 0.3) is 0 Å². The number of hydrogen-bond donors (Lipinski definition) is 1. The van der Waals surface area contributed by atoms with Crippen molar-refractivity contribution in [3.05, 3.63) is 35.4 Å². The maximum absolute atomic E-state index is 5.81. The van der Waals surface area contributed by atoms with Gasteiger partial charge < -0.3 is 10.1 Å². The normalized spacial score (nSPS) is 17.1. The molecular weight excluding hydrogens is 210 g/mol. The Balaban J connectivity index is 2.20. The molecule has 3 heteroatoms. The van der Waals surface area contributed by atoms with Gasteiger partial charge >= 0.3 is 0 Å². The van der Waals surface area contributed by atoms with Crippen molar-refractivity contribution in [3.63, 3.8) is 0 Å². The van der Waals surface area contributed by atoms with Gasteiger partial charge in [-0.3, -0.25) is 0 Å². The van der Waals surface area contributed by atoms with Crippen molar-refractivity contribution >= 4 is 5.52 Å². The van der Waals surface area contributed by atoms with Crippen LogP contribution in [0, 0.1) is 6.92 Å². The van der Waals surface area contributed by atoms with Gasteiger partial charge in [0.15, 0.2) is 0 Å². The Labute approximate surface area is 102 Å². The molecule has 0 amide bonds. The van der Waals surface area contributed by atoms with E-state index < -0.39 is 0 Å². The van der Waals surface area contributed by atoms with Crippen LogP contribution >= 0.6 is 0 Å². The van der Waals surface area contributed by atoms with E-state index in [9.17, 15) is 0 Å². The Hall–Kier alpha value is -1.35. The van der Waals surface area contributed by atoms with Crippen molar-refractivity contribution in [3.8, 4) is 0 Å². The summed E-state index contributed by atoms with van der Waals surface area (Å²) in [5, 5.41) is 0. The third-order valence-corrected chi connectivity index (χ3v) is 3.89. The van der Waals surface area contributed by atoms with Gasteiger partial charge in [0.05, 0.1) is 11.2 Å². The summed E-state index contributed by atoms with van der Waals surface area (Å²) in [6.45, 7) is 2.67. The molecular formula is C14H19N3. The zero-order valence-corrected chi connectivity index (χ0v) is 10.3. The summed E-state index contributed by atoms with van der Waals surface area (Å²) in [5.74, 6) is 1.88. The average Bonchev–Trinajstić information content (AvgIpc) is 2.97. The van der Waals surface area contributed by atoms with Gasteiger partial charge in [0.1, 0.15) is 5.82 Å². The Bertz CT molecular complexity index is 536. The molecule has 0 saturated heterocycles. The lowest BCUT2D eigenvalue weighted by molar-refractivity contribution is 0.663. The summed E-state index contributed by atoms with van der Waals surface area (Å²) in [7, 11) is 0. The molecule has 2 heterocycles. The highest BCUT2D eigenvalue weighted by Crippen LogP contribution is 2.34. The van der Waals surface area contributed by atoms with Crippen LogP contribution < -0.4 is 5.73 Å². The lowest BCUT2D eigenvalue weighted by Gasteiger charge is -2.08. The molecule has 0 aliphatic heterocycles. The van der Waals surface area contributed by atoms with Crippen LogP contribution in [0.5, 0.6) is 0 Å². The Kier molecular flexibility index (Phi) is 2.63. The molecule has 2 aromatic rings. The molecule has 0 atom stereocenters. The van der Waals surface area contributed by atoms with E-state index in [2.05, 4.69) is 29.7 Å². The van der Waals surface area contributed by atoms with Crippen LogP contribution in [0.3, 0.4) is 0 Å². The van der Waals surface area contributed by atoms with Crippen molar-refractivity contribution in [2.75, 3.05) is 0 Å². The summed E-state index contributed by atoms with van der Waals surface area (Å²) in [6.07, 6.45) is 7.38. The van der Waals surface area contributed by atoms with Crippen LogP contribution in [-0.2, 0) is 6.54 Å². The van der Waals surface area contributed by atoms with Crippen LogP contribution in [0.4, 0.5) is 0 Å². The summed E-state index contributed by atoms with van der Waals surface area (Å²) >= 11 is 0. The number of pyridine rings is 1. The molecule has 90 valence electrons. The van der Waals surface area contributed by atoms with Gasteiger partial charge in [-0.2, -0.15) is 0 Å². The van der Waals surface area contributed by atoms with Crippen molar-refractivity contribution in [1.82, 2.24) is 9.38 Å². The minimum absolute atomic E-state index is 0.584. The van der Waals surface area contributed by atoms with Crippen molar-refractivity contribution in [2.45, 2.75) is 45.1 Å². The first kappa shape index (κ1) is 10.8. The number of nitrogens with two attached hydrogens (primary N) is 1. The molecule has 2 aromatic heterocycles. The molecule has 1 aliphatic carbocycles. The van der Waals surface area contributed by atoms with Gasteiger partial charge in [0.2, 0.25) is 0 Å². The van der Waals surface area contributed by atoms with Crippen LogP contribution in [0.2, 0.25) is 0 Å². The molecule has 1 saturated carbocycles. The quantitative estimate of drug-likeness (QED) is 0.860. The second-order valence-corrected chi connectivity index (χ2v) is 4.99. The monoisotopic (exact) mass is 229 g/mol. The lowest BCUT2D eigenvalue weighted by Crippen LogP contribution is -2.03. The molecule has 0 bridgehead atoms. The SMILES string of the molecule is Cc1nc(C2CCCC2)n2cccc(CN)c12. The highest BCUT2D eigenvalue weighted by molar-refractivity contribution is 5.59. The number of rotatable bonds is 2. The van der Waals surface area contributed by atoms with E-state index in [0.29, 0.717) is 12.5 Å². The van der Waals surface area contributed by atoms with Gasteiger partial charge in [0, 0.05) is 18.7 Å². The third kappa shape index (κ3) is 1.65. The molecule has 1 fully saturated rings. The summed E-state index contributed by atoms with van der Waals surface area (Å²) < 4.78 is 2.26. The maximum atomic E-state index is 5.81. The zero-order valence-electron chi connectivity index (χ0n) is 10.3. The molecule has 2 N–H and O–H groups in total.